The molecule has 334 valence electrons. The Balaban J connectivity index is 1.69. The van der Waals surface area contributed by atoms with Gasteiger partial charge >= 0.3 is 0 Å². The van der Waals surface area contributed by atoms with Crippen molar-refractivity contribution >= 4 is 54.0 Å². The highest BCUT2D eigenvalue weighted by Gasteiger charge is 2.47. The fourth-order valence-electron chi connectivity index (χ4n) is 9.70. The molecule has 0 aromatic heterocycles. The Labute approximate surface area is 362 Å². The quantitative estimate of drug-likeness (QED) is 0.0963. The summed E-state index contributed by atoms with van der Waals surface area (Å²) in [6.07, 6.45) is 11.1. The molecule has 2 atom stereocenters. The lowest BCUT2D eigenvalue weighted by molar-refractivity contribution is -0.292. The maximum absolute atomic E-state index is 14.7. The van der Waals surface area contributed by atoms with Gasteiger partial charge in [-0.25, -0.2) is 21.4 Å². The van der Waals surface area contributed by atoms with Crippen LogP contribution < -0.4 is 34.6 Å². The van der Waals surface area contributed by atoms with Crippen LogP contribution in [-0.2, 0) is 35.7 Å². The van der Waals surface area contributed by atoms with E-state index in [1.54, 1.807) is 0 Å². The van der Waals surface area contributed by atoms with E-state index in [-0.39, 0.29) is 79.8 Å². The minimum Gasteiger partial charge on any atom is -0.871 e. The molecule has 0 saturated heterocycles. The molecule has 0 spiro atoms. The number of sulfonamides is 2. The second kappa shape index (κ2) is 18.5. The van der Waals surface area contributed by atoms with Gasteiger partial charge in [0.2, 0.25) is 25.4 Å². The topological polar surface area (TPSA) is 139 Å². The number of hydrogen-bond acceptors (Lipinski definition) is 7. The number of allylic oxidation sites excluding steroid dienone is 2. The van der Waals surface area contributed by atoms with Crippen LogP contribution in [0.25, 0.3) is 11.1 Å². The molecule has 10 nitrogen and oxygen atoms in total. The molecule has 2 aromatic carbocycles. The standard InChI is InChI=1S/C48H74N4O6S2/c1-13-15-17-19-21-23-25-59(55,56)49-39-29-41-37(47(9,10)33(7)51(41)31(3)4)27-35(39)43-45(53)44(46(43)54)36-28-38-42(52(32(5)6)34(8)48(38,11)12)30-40(36)50-60(57,58)26-24-22-20-18-16-14-2/h27-34H,13-26H2,1-12H3,(H2,49,50,53,54). The third kappa shape index (κ3) is 9.49. The van der Waals surface area contributed by atoms with Crippen molar-refractivity contribution in [3.05, 3.63) is 57.3 Å². The van der Waals surface area contributed by atoms with Gasteiger partial charge in [0.25, 0.3) is 0 Å². The molecule has 2 aromatic rings. The lowest BCUT2D eigenvalue weighted by atomic mass is 9.76. The minimum absolute atomic E-state index is 0.0599. The molecule has 2 N–H and O–H groups in total. The minimum atomic E-state index is -3.84. The number of carbonyl (C=O) groups excluding carboxylic acids is 1. The summed E-state index contributed by atoms with van der Waals surface area (Å²) in [7, 11) is -7.67. The van der Waals surface area contributed by atoms with Crippen molar-refractivity contribution in [3.63, 3.8) is 0 Å². The first-order valence-corrected chi connectivity index (χ1v) is 26.1. The van der Waals surface area contributed by atoms with E-state index in [4.69, 9.17) is 0 Å². The number of unbranched alkanes of at least 4 members (excludes halogenated alkanes) is 10. The Morgan fingerprint density at radius 1 is 0.700 bits per heavy atom. The van der Waals surface area contributed by atoms with Crippen LogP contribution in [0.4, 0.5) is 17.1 Å². The summed E-state index contributed by atoms with van der Waals surface area (Å²) in [4.78, 5) is 17.0. The predicted octanol–water partition coefficient (Wildman–Crippen LogP) is 7.87. The van der Waals surface area contributed by atoms with Gasteiger partial charge in [0, 0.05) is 56.7 Å². The number of ketones is 1. The van der Waals surface area contributed by atoms with E-state index in [0.29, 0.717) is 12.8 Å². The van der Waals surface area contributed by atoms with Crippen LogP contribution in [0.5, 0.6) is 0 Å². The van der Waals surface area contributed by atoms with Gasteiger partial charge in [0.05, 0.1) is 28.3 Å². The monoisotopic (exact) mass is 867 g/mol. The average Bonchev–Trinajstić information content (AvgIpc) is 3.47. The summed E-state index contributed by atoms with van der Waals surface area (Å²) < 4.78 is 62.9. The third-order valence-electron chi connectivity index (χ3n) is 13.8. The molecule has 2 heterocycles. The number of Topliss-reactive ketones (excluding diaryl/α,β-unsaturated/α-hetero) is 1. The number of anilines is 3. The second-order valence-corrected chi connectivity index (χ2v) is 23.1. The van der Waals surface area contributed by atoms with E-state index in [1.165, 1.54) is 0 Å². The van der Waals surface area contributed by atoms with Crippen molar-refractivity contribution in [2.24, 2.45) is 0 Å². The van der Waals surface area contributed by atoms with Crippen LogP contribution in [0, 0.1) is 0 Å². The van der Waals surface area contributed by atoms with E-state index in [9.17, 15) is 26.7 Å². The molecule has 2 aliphatic heterocycles. The first-order valence-electron chi connectivity index (χ1n) is 22.8. The number of rotatable bonds is 21. The van der Waals surface area contributed by atoms with E-state index >= 15 is 0 Å². The fraction of sp³-hybridized carbons (Fsp3) is 0.667. The normalized spacial score (nSPS) is 20.6. The maximum atomic E-state index is 14.7. The van der Waals surface area contributed by atoms with E-state index in [0.717, 1.165) is 86.4 Å². The van der Waals surface area contributed by atoms with E-state index in [1.807, 2.05) is 24.3 Å². The zero-order valence-electron chi connectivity index (χ0n) is 38.7. The molecular weight excluding hydrogens is 793 g/mol. The molecule has 3 aliphatic rings. The van der Waals surface area contributed by atoms with Gasteiger partial charge in [0.1, 0.15) is 6.04 Å². The second-order valence-electron chi connectivity index (χ2n) is 19.4. The van der Waals surface area contributed by atoms with Gasteiger partial charge in [-0.2, -0.15) is 0 Å². The Bertz CT molecular complexity index is 2330. The largest absolute Gasteiger partial charge is 0.871 e. The van der Waals surface area contributed by atoms with Crippen molar-refractivity contribution < 1.29 is 26.7 Å². The fourth-order valence-corrected chi connectivity index (χ4v) is 12.1. The van der Waals surface area contributed by atoms with Crippen LogP contribution in [-0.4, -0.2) is 58.3 Å². The molecule has 2 unspecified atom stereocenters. The molecule has 0 fully saturated rings. The van der Waals surface area contributed by atoms with Gasteiger partial charge < -0.3 is 10.0 Å². The highest BCUT2D eigenvalue weighted by atomic mass is 32.2. The highest BCUT2D eigenvalue weighted by molar-refractivity contribution is 7.92. The van der Waals surface area contributed by atoms with Crippen molar-refractivity contribution in [2.75, 3.05) is 25.8 Å². The molecule has 0 saturated carbocycles. The summed E-state index contributed by atoms with van der Waals surface area (Å²) in [6.45, 7) is 25.5. The SMILES string of the molecule is CCCCCCCCS(=O)(=O)Nc1cc2c(cc1C1=C([O-])/C(=c3/cc4c(cc3NS(=O)(=O)CCCCCCCC)=[N+](C(C)C)C(C)C4(C)C)C1=O)C(C)(C)C(C)N2C(C)C. The van der Waals surface area contributed by atoms with Crippen molar-refractivity contribution in [3.8, 4) is 0 Å². The average molecular weight is 867 g/mol. The van der Waals surface area contributed by atoms with E-state index < -0.39 is 31.6 Å². The number of nitrogens with one attached hydrogen (secondary N) is 2. The van der Waals surface area contributed by atoms with E-state index in [2.05, 4.69) is 102 Å². The van der Waals surface area contributed by atoms with Crippen molar-refractivity contribution in [1.82, 2.24) is 4.58 Å². The first kappa shape index (κ1) is 47.7. The molecule has 0 amide bonds. The Morgan fingerprint density at radius 2 is 1.22 bits per heavy atom. The molecular formula is C48H74N4O6S2. The molecule has 0 radical (unpaired) electrons. The summed E-state index contributed by atoms with van der Waals surface area (Å²) in [5.41, 5.74) is 2.50. The Kier molecular flexibility index (Phi) is 14.7. The lowest BCUT2D eigenvalue weighted by Crippen LogP contribution is -2.42. The molecule has 60 heavy (non-hydrogen) atoms. The highest BCUT2D eigenvalue weighted by Crippen LogP contribution is 2.50. The van der Waals surface area contributed by atoms with Gasteiger partial charge in [-0.1, -0.05) is 97.7 Å². The van der Waals surface area contributed by atoms with Crippen LogP contribution in [0.15, 0.2) is 30.0 Å². The first-order chi connectivity index (χ1) is 28.0. The molecule has 12 heteroatoms. The lowest BCUT2D eigenvalue weighted by Gasteiger charge is -2.34. The molecule has 1 aliphatic carbocycles. The maximum Gasteiger partial charge on any atom is 0.232 e. The summed E-state index contributed by atoms with van der Waals surface area (Å²) >= 11 is 0. The molecule has 5 rings (SSSR count). The van der Waals surface area contributed by atoms with Crippen molar-refractivity contribution in [1.29, 1.82) is 0 Å². The number of hydrogen-bond donors (Lipinski definition) is 2. The Hall–Kier alpha value is -3.38. The van der Waals surface area contributed by atoms with Crippen LogP contribution in [0.3, 0.4) is 0 Å². The summed E-state index contributed by atoms with van der Waals surface area (Å²) in [6, 6.07) is 7.65. The zero-order chi connectivity index (χ0) is 44.5. The number of nitrogens with zero attached hydrogens (tertiary/aromatic N) is 2. The van der Waals surface area contributed by atoms with Crippen LogP contribution >= 0.6 is 0 Å². The smallest absolute Gasteiger partial charge is 0.232 e. The summed E-state index contributed by atoms with van der Waals surface area (Å²) in [5.74, 6) is -1.19. The van der Waals surface area contributed by atoms with Gasteiger partial charge in [0.15, 0.2) is 11.8 Å². The van der Waals surface area contributed by atoms with Gasteiger partial charge in [-0.15, -0.1) is 0 Å². The number of fused-ring (bicyclic) bond motifs is 2. The molecule has 0 bridgehead atoms. The van der Waals surface area contributed by atoms with Crippen LogP contribution in [0.1, 0.15) is 177 Å². The summed E-state index contributed by atoms with van der Waals surface area (Å²) in [5, 5.41) is 15.9. The predicted molar refractivity (Wildman–Crippen MR) is 248 cm³/mol. The van der Waals surface area contributed by atoms with Gasteiger partial charge in [-0.3, -0.25) is 14.2 Å². The Morgan fingerprint density at radius 3 is 1.72 bits per heavy atom. The van der Waals surface area contributed by atoms with Crippen LogP contribution in [0.2, 0.25) is 0 Å². The third-order valence-corrected chi connectivity index (χ3v) is 16.5. The number of benzene rings is 2. The van der Waals surface area contributed by atoms with Crippen molar-refractivity contribution in [2.45, 2.75) is 195 Å². The number of carbonyl (C=O) groups is 1. The van der Waals surface area contributed by atoms with Gasteiger partial charge in [-0.05, 0) is 92.0 Å². The zero-order valence-corrected chi connectivity index (χ0v) is 40.3.